The predicted molar refractivity (Wildman–Crippen MR) is 77.9 cm³/mol. The van der Waals surface area contributed by atoms with E-state index in [0.29, 0.717) is 0 Å². The van der Waals surface area contributed by atoms with Gasteiger partial charge in [0.05, 0.1) is 6.04 Å². The Morgan fingerprint density at radius 1 is 1.39 bits per heavy atom. The van der Waals surface area contributed by atoms with Crippen LogP contribution in [-0.4, -0.2) is 24.5 Å². The zero-order valence-corrected chi connectivity index (χ0v) is 12.6. The van der Waals surface area contributed by atoms with Crippen molar-refractivity contribution in [3.8, 4) is 0 Å². The van der Waals surface area contributed by atoms with Crippen molar-refractivity contribution in [1.82, 2.24) is 5.32 Å². The van der Waals surface area contributed by atoms with Crippen molar-refractivity contribution in [3.63, 3.8) is 0 Å². The van der Waals surface area contributed by atoms with E-state index in [4.69, 9.17) is 0 Å². The van der Waals surface area contributed by atoms with Crippen LogP contribution in [0.15, 0.2) is 22.7 Å². The van der Waals surface area contributed by atoms with Gasteiger partial charge in [0, 0.05) is 16.2 Å². The molecular formula is C14H19BrN2O. The van der Waals surface area contributed by atoms with Crippen molar-refractivity contribution in [2.45, 2.75) is 39.3 Å². The van der Waals surface area contributed by atoms with Gasteiger partial charge in [-0.3, -0.25) is 4.79 Å². The number of hydrogen-bond donors (Lipinski definition) is 1. The van der Waals surface area contributed by atoms with E-state index in [1.165, 1.54) is 0 Å². The van der Waals surface area contributed by atoms with E-state index in [1.807, 2.05) is 30.9 Å². The fourth-order valence-corrected chi connectivity index (χ4v) is 2.56. The number of carbonyl (C=O) groups is 1. The van der Waals surface area contributed by atoms with Crippen LogP contribution in [0.4, 0.5) is 5.69 Å². The molecule has 1 saturated heterocycles. The summed E-state index contributed by atoms with van der Waals surface area (Å²) in [6.07, 6.45) is 0.977. The van der Waals surface area contributed by atoms with Crippen molar-refractivity contribution in [3.05, 3.63) is 28.2 Å². The first-order chi connectivity index (χ1) is 8.50. The summed E-state index contributed by atoms with van der Waals surface area (Å²) in [6, 6.07) is 6.20. The average molecular weight is 311 g/mol. The number of halogens is 1. The third kappa shape index (κ3) is 2.59. The summed E-state index contributed by atoms with van der Waals surface area (Å²) in [5.41, 5.74) is 2.14. The van der Waals surface area contributed by atoms with Gasteiger partial charge in [-0.1, -0.05) is 15.9 Å². The lowest BCUT2D eigenvalue weighted by Gasteiger charge is -2.29. The Morgan fingerprint density at radius 3 is 2.78 bits per heavy atom. The molecule has 1 heterocycles. The zero-order chi connectivity index (χ0) is 13.3. The number of aryl methyl sites for hydroxylation is 1. The highest BCUT2D eigenvalue weighted by Gasteiger charge is 2.29. The van der Waals surface area contributed by atoms with Crippen molar-refractivity contribution in [1.29, 1.82) is 0 Å². The molecule has 0 bridgehead atoms. The van der Waals surface area contributed by atoms with E-state index < -0.39 is 0 Å². The molecule has 0 saturated carbocycles. The molecule has 0 radical (unpaired) electrons. The Morgan fingerprint density at radius 2 is 2.11 bits per heavy atom. The lowest BCUT2D eigenvalue weighted by Crippen LogP contribution is -2.44. The molecule has 1 amide bonds. The fraction of sp³-hybridized carbons (Fsp3) is 0.500. The first-order valence-electron chi connectivity index (χ1n) is 6.33. The highest BCUT2D eigenvalue weighted by atomic mass is 79.9. The largest absolute Gasteiger partial charge is 0.308 e. The molecule has 0 spiro atoms. The van der Waals surface area contributed by atoms with Crippen molar-refractivity contribution >= 4 is 27.5 Å². The molecule has 1 aliphatic rings. The van der Waals surface area contributed by atoms with Crippen LogP contribution in [0, 0.1) is 6.92 Å². The van der Waals surface area contributed by atoms with Crippen LogP contribution in [0.1, 0.15) is 25.8 Å². The minimum atomic E-state index is -0.112. The predicted octanol–water partition coefficient (Wildman–Crippen LogP) is 2.86. The minimum Gasteiger partial charge on any atom is -0.308 e. The lowest BCUT2D eigenvalue weighted by atomic mass is 10.1. The van der Waals surface area contributed by atoms with Gasteiger partial charge in [-0.25, -0.2) is 0 Å². The van der Waals surface area contributed by atoms with Gasteiger partial charge in [-0.05, 0) is 57.5 Å². The molecular weight excluding hydrogens is 292 g/mol. The Kier molecular flexibility index (Phi) is 4.07. The molecule has 1 N–H and O–H groups in total. The summed E-state index contributed by atoms with van der Waals surface area (Å²) in [6.45, 7) is 6.97. The van der Waals surface area contributed by atoms with Crippen LogP contribution < -0.4 is 10.2 Å². The molecule has 1 aromatic rings. The normalized spacial score (nSPS) is 25.1. The van der Waals surface area contributed by atoms with Crippen LogP contribution in [0.25, 0.3) is 0 Å². The minimum absolute atomic E-state index is 0.112. The third-order valence-corrected chi connectivity index (χ3v) is 4.37. The molecule has 98 valence electrons. The standard InChI is InChI=1S/C14H19BrN2O/c1-9-8-12(4-5-13(9)15)17-10(2)6-7-16-11(3)14(17)18/h4-5,8,10-11,16H,6-7H2,1-3H3. The molecule has 3 nitrogen and oxygen atoms in total. The molecule has 0 aromatic heterocycles. The molecule has 4 heteroatoms. The zero-order valence-electron chi connectivity index (χ0n) is 11.0. The monoisotopic (exact) mass is 310 g/mol. The van der Waals surface area contributed by atoms with E-state index in [9.17, 15) is 4.79 Å². The maximum atomic E-state index is 12.4. The van der Waals surface area contributed by atoms with E-state index in [-0.39, 0.29) is 18.0 Å². The van der Waals surface area contributed by atoms with Gasteiger partial charge < -0.3 is 10.2 Å². The third-order valence-electron chi connectivity index (χ3n) is 3.48. The number of nitrogens with zero attached hydrogens (tertiary/aromatic N) is 1. The van der Waals surface area contributed by atoms with Crippen LogP contribution in [0.5, 0.6) is 0 Å². The van der Waals surface area contributed by atoms with Crippen LogP contribution in [0.3, 0.4) is 0 Å². The van der Waals surface area contributed by atoms with Gasteiger partial charge in [0.1, 0.15) is 0 Å². The molecule has 1 aromatic carbocycles. The summed E-state index contributed by atoms with van der Waals surface area (Å²) >= 11 is 3.50. The van der Waals surface area contributed by atoms with E-state index in [0.717, 1.165) is 28.7 Å². The van der Waals surface area contributed by atoms with Crippen LogP contribution >= 0.6 is 15.9 Å². The number of rotatable bonds is 1. The summed E-state index contributed by atoms with van der Waals surface area (Å²) in [5, 5.41) is 3.25. The van der Waals surface area contributed by atoms with Crippen molar-refractivity contribution in [2.24, 2.45) is 0 Å². The first kappa shape index (κ1) is 13.6. The van der Waals surface area contributed by atoms with Gasteiger partial charge in [-0.2, -0.15) is 0 Å². The van der Waals surface area contributed by atoms with Gasteiger partial charge in [0.15, 0.2) is 0 Å². The molecule has 2 unspecified atom stereocenters. The SMILES string of the molecule is Cc1cc(N2C(=O)C(C)NCCC2C)ccc1Br. The fourth-order valence-electron chi connectivity index (χ4n) is 2.31. The maximum Gasteiger partial charge on any atom is 0.244 e. The van der Waals surface area contributed by atoms with Crippen molar-refractivity contribution in [2.75, 3.05) is 11.4 Å². The lowest BCUT2D eigenvalue weighted by molar-refractivity contribution is -0.120. The number of hydrogen-bond acceptors (Lipinski definition) is 2. The number of carbonyl (C=O) groups excluding carboxylic acids is 1. The van der Waals surface area contributed by atoms with Crippen LogP contribution in [0.2, 0.25) is 0 Å². The van der Waals surface area contributed by atoms with Gasteiger partial charge >= 0.3 is 0 Å². The molecule has 1 aliphatic heterocycles. The summed E-state index contributed by atoms with van der Waals surface area (Å²) in [7, 11) is 0. The number of nitrogens with one attached hydrogen (secondary N) is 1. The molecule has 2 rings (SSSR count). The van der Waals surface area contributed by atoms with Crippen molar-refractivity contribution < 1.29 is 4.79 Å². The molecule has 1 fully saturated rings. The second kappa shape index (κ2) is 5.41. The Hall–Kier alpha value is -0.870. The highest BCUT2D eigenvalue weighted by Crippen LogP contribution is 2.26. The topological polar surface area (TPSA) is 32.3 Å². The van der Waals surface area contributed by atoms with E-state index in [1.54, 1.807) is 0 Å². The summed E-state index contributed by atoms with van der Waals surface area (Å²) < 4.78 is 1.08. The molecule has 0 aliphatic carbocycles. The number of amides is 1. The maximum absolute atomic E-state index is 12.4. The number of benzene rings is 1. The summed E-state index contributed by atoms with van der Waals surface area (Å²) in [4.78, 5) is 14.3. The van der Waals surface area contributed by atoms with E-state index in [2.05, 4.69) is 34.2 Å². The Balaban J connectivity index is 2.38. The summed E-state index contributed by atoms with van der Waals surface area (Å²) in [5.74, 6) is 0.154. The molecule has 2 atom stereocenters. The smallest absolute Gasteiger partial charge is 0.244 e. The Bertz CT molecular complexity index is 461. The quantitative estimate of drug-likeness (QED) is 0.865. The van der Waals surface area contributed by atoms with Gasteiger partial charge in [-0.15, -0.1) is 0 Å². The molecule has 18 heavy (non-hydrogen) atoms. The average Bonchev–Trinajstić information content (AvgIpc) is 2.44. The highest BCUT2D eigenvalue weighted by molar-refractivity contribution is 9.10. The first-order valence-corrected chi connectivity index (χ1v) is 7.12. The Labute approximate surface area is 117 Å². The van der Waals surface area contributed by atoms with E-state index >= 15 is 0 Å². The second-order valence-electron chi connectivity index (χ2n) is 4.96. The second-order valence-corrected chi connectivity index (χ2v) is 5.81. The number of anilines is 1. The van der Waals surface area contributed by atoms with Crippen LogP contribution in [-0.2, 0) is 4.79 Å². The van der Waals surface area contributed by atoms with Gasteiger partial charge in [0.2, 0.25) is 5.91 Å². The van der Waals surface area contributed by atoms with Gasteiger partial charge in [0.25, 0.3) is 0 Å².